The van der Waals surface area contributed by atoms with Gasteiger partial charge in [-0.1, -0.05) is 0 Å². The van der Waals surface area contributed by atoms with Crippen LogP contribution in [0.2, 0.25) is 0 Å². The van der Waals surface area contributed by atoms with E-state index >= 15 is 0 Å². The van der Waals surface area contributed by atoms with Gasteiger partial charge in [0.15, 0.2) is 0 Å². The molecule has 0 aliphatic heterocycles. The maximum absolute atomic E-state index is 5.53. The van der Waals surface area contributed by atoms with E-state index in [0.29, 0.717) is 19.8 Å². The molecule has 0 radical (unpaired) electrons. The lowest BCUT2D eigenvalue weighted by molar-refractivity contribution is 0.0127. The lowest BCUT2D eigenvalue weighted by Crippen LogP contribution is -2.10. The van der Waals surface area contributed by atoms with Crippen LogP contribution in [-0.2, 0) is 23.1 Å². The minimum absolute atomic E-state index is 0.259. The van der Waals surface area contributed by atoms with E-state index in [1.807, 2.05) is 32.5 Å². The average molecular weight is 291 g/mol. The quantitative estimate of drug-likeness (QED) is 0.755. The minimum Gasteiger partial charge on any atom is -0.376 e. The molecule has 16 heavy (non-hydrogen) atoms. The molecule has 0 amide bonds. The predicted molar refractivity (Wildman–Crippen MR) is 66.4 cm³/mol. The second-order valence-electron chi connectivity index (χ2n) is 3.94. The molecule has 1 aromatic rings. The fourth-order valence-electron chi connectivity index (χ4n) is 1.35. The summed E-state index contributed by atoms with van der Waals surface area (Å²) in [5, 5.41) is 4.30. The Morgan fingerprint density at radius 1 is 1.38 bits per heavy atom. The molecule has 0 aliphatic rings. The van der Waals surface area contributed by atoms with Gasteiger partial charge in [-0.3, -0.25) is 4.68 Å². The van der Waals surface area contributed by atoms with Crippen molar-refractivity contribution in [1.82, 2.24) is 9.78 Å². The molecular formula is C11H19BrN2O2. The van der Waals surface area contributed by atoms with Crippen molar-refractivity contribution in [3.05, 3.63) is 15.9 Å². The fraction of sp³-hybridized carbons (Fsp3) is 0.727. The minimum atomic E-state index is 0.259. The molecule has 0 fully saturated rings. The van der Waals surface area contributed by atoms with Crippen molar-refractivity contribution in [3.63, 3.8) is 0 Å². The van der Waals surface area contributed by atoms with Gasteiger partial charge in [0.2, 0.25) is 0 Å². The number of ether oxygens (including phenoxy) is 2. The molecule has 1 aromatic heterocycles. The molecule has 1 rings (SSSR count). The summed E-state index contributed by atoms with van der Waals surface area (Å²) in [7, 11) is 1.92. The van der Waals surface area contributed by atoms with Crippen LogP contribution in [0.1, 0.15) is 25.2 Å². The van der Waals surface area contributed by atoms with Gasteiger partial charge in [0.25, 0.3) is 0 Å². The lowest BCUT2D eigenvalue weighted by Gasteiger charge is -2.08. The molecule has 0 aromatic carbocycles. The standard InChI is InChI=1S/C11H19BrN2O2/c1-8(2)16-6-5-15-7-10-11(12)9(3)13-14(10)4/h8H,5-7H2,1-4H3. The van der Waals surface area contributed by atoms with Crippen molar-refractivity contribution in [1.29, 1.82) is 0 Å². The zero-order valence-corrected chi connectivity index (χ0v) is 11.9. The summed E-state index contributed by atoms with van der Waals surface area (Å²) in [6.07, 6.45) is 0.259. The number of rotatable bonds is 6. The SMILES string of the molecule is Cc1nn(C)c(COCCOC(C)C)c1Br. The van der Waals surface area contributed by atoms with Crippen LogP contribution in [0.4, 0.5) is 0 Å². The van der Waals surface area contributed by atoms with Gasteiger partial charge in [-0.25, -0.2) is 0 Å². The highest BCUT2D eigenvalue weighted by molar-refractivity contribution is 9.10. The van der Waals surface area contributed by atoms with E-state index in [9.17, 15) is 0 Å². The number of halogens is 1. The van der Waals surface area contributed by atoms with Gasteiger partial charge in [0.05, 0.1) is 41.8 Å². The van der Waals surface area contributed by atoms with Gasteiger partial charge >= 0.3 is 0 Å². The van der Waals surface area contributed by atoms with Crippen LogP contribution in [0.25, 0.3) is 0 Å². The molecule has 0 bridgehead atoms. The van der Waals surface area contributed by atoms with Crippen LogP contribution in [0.5, 0.6) is 0 Å². The normalized spacial score (nSPS) is 11.4. The first kappa shape index (κ1) is 13.7. The molecule has 0 atom stereocenters. The molecule has 92 valence electrons. The Hall–Kier alpha value is -0.390. The van der Waals surface area contributed by atoms with Gasteiger partial charge in [0, 0.05) is 7.05 Å². The van der Waals surface area contributed by atoms with E-state index in [4.69, 9.17) is 9.47 Å². The first-order valence-corrected chi connectivity index (χ1v) is 6.19. The maximum atomic E-state index is 5.53. The molecule has 5 heteroatoms. The molecule has 0 N–H and O–H groups in total. The third kappa shape index (κ3) is 3.88. The maximum Gasteiger partial charge on any atom is 0.0897 e. The average Bonchev–Trinajstić information content (AvgIpc) is 2.43. The van der Waals surface area contributed by atoms with Gasteiger partial charge in [-0.15, -0.1) is 0 Å². The molecule has 0 spiro atoms. The summed E-state index contributed by atoms with van der Waals surface area (Å²) >= 11 is 3.50. The number of hydrogen-bond donors (Lipinski definition) is 0. The van der Waals surface area contributed by atoms with Crippen molar-refractivity contribution in [2.45, 2.75) is 33.5 Å². The molecule has 0 unspecified atom stereocenters. The van der Waals surface area contributed by atoms with Crippen LogP contribution in [-0.4, -0.2) is 29.1 Å². The number of aromatic nitrogens is 2. The van der Waals surface area contributed by atoms with Crippen LogP contribution >= 0.6 is 15.9 Å². The van der Waals surface area contributed by atoms with Gasteiger partial charge in [-0.05, 0) is 36.7 Å². The Bertz CT molecular complexity index is 337. The number of hydrogen-bond acceptors (Lipinski definition) is 3. The molecular weight excluding hydrogens is 272 g/mol. The Morgan fingerprint density at radius 2 is 2.06 bits per heavy atom. The second-order valence-corrected chi connectivity index (χ2v) is 4.73. The van der Waals surface area contributed by atoms with E-state index in [-0.39, 0.29) is 6.10 Å². The van der Waals surface area contributed by atoms with E-state index in [2.05, 4.69) is 21.0 Å². The smallest absolute Gasteiger partial charge is 0.0897 e. The zero-order valence-electron chi connectivity index (χ0n) is 10.3. The lowest BCUT2D eigenvalue weighted by atomic mass is 10.4. The van der Waals surface area contributed by atoms with E-state index in [0.717, 1.165) is 15.9 Å². The predicted octanol–water partition coefficient (Wildman–Crippen LogP) is 2.43. The Labute approximate surface area is 105 Å². The summed E-state index contributed by atoms with van der Waals surface area (Å²) in [6, 6.07) is 0. The van der Waals surface area contributed by atoms with E-state index in [1.54, 1.807) is 0 Å². The Morgan fingerprint density at radius 3 is 2.56 bits per heavy atom. The summed E-state index contributed by atoms with van der Waals surface area (Å²) < 4.78 is 13.8. The van der Waals surface area contributed by atoms with Crippen molar-refractivity contribution >= 4 is 15.9 Å². The summed E-state index contributed by atoms with van der Waals surface area (Å²) in [6.45, 7) is 7.79. The Balaban J connectivity index is 2.32. The third-order valence-corrected chi connectivity index (χ3v) is 3.21. The fourth-order valence-corrected chi connectivity index (χ4v) is 1.80. The summed E-state index contributed by atoms with van der Waals surface area (Å²) in [5.41, 5.74) is 2.04. The Kier molecular flexibility index (Phi) is 5.44. The summed E-state index contributed by atoms with van der Waals surface area (Å²) in [5.74, 6) is 0. The topological polar surface area (TPSA) is 36.3 Å². The molecule has 0 saturated carbocycles. The van der Waals surface area contributed by atoms with Gasteiger partial charge < -0.3 is 9.47 Å². The van der Waals surface area contributed by atoms with Crippen molar-refractivity contribution < 1.29 is 9.47 Å². The number of nitrogens with zero attached hydrogens (tertiary/aromatic N) is 2. The molecule has 1 heterocycles. The summed E-state index contributed by atoms with van der Waals surface area (Å²) in [4.78, 5) is 0. The highest BCUT2D eigenvalue weighted by atomic mass is 79.9. The van der Waals surface area contributed by atoms with E-state index in [1.165, 1.54) is 0 Å². The van der Waals surface area contributed by atoms with Crippen LogP contribution in [0.15, 0.2) is 4.47 Å². The number of aryl methyl sites for hydroxylation is 2. The first-order chi connectivity index (χ1) is 7.52. The monoisotopic (exact) mass is 290 g/mol. The van der Waals surface area contributed by atoms with Gasteiger partial charge in [0.1, 0.15) is 0 Å². The van der Waals surface area contributed by atoms with Crippen molar-refractivity contribution in [3.8, 4) is 0 Å². The van der Waals surface area contributed by atoms with Crippen molar-refractivity contribution in [2.75, 3.05) is 13.2 Å². The molecule has 4 nitrogen and oxygen atoms in total. The third-order valence-electron chi connectivity index (χ3n) is 2.18. The second kappa shape index (κ2) is 6.37. The van der Waals surface area contributed by atoms with Crippen LogP contribution in [0, 0.1) is 6.92 Å². The van der Waals surface area contributed by atoms with Crippen molar-refractivity contribution in [2.24, 2.45) is 7.05 Å². The molecule has 0 saturated heterocycles. The van der Waals surface area contributed by atoms with E-state index < -0.39 is 0 Å². The zero-order chi connectivity index (χ0) is 12.1. The van der Waals surface area contributed by atoms with Crippen LogP contribution in [0.3, 0.4) is 0 Å². The van der Waals surface area contributed by atoms with Gasteiger partial charge in [-0.2, -0.15) is 5.10 Å². The highest BCUT2D eigenvalue weighted by Gasteiger charge is 2.10. The van der Waals surface area contributed by atoms with Crippen LogP contribution < -0.4 is 0 Å². The first-order valence-electron chi connectivity index (χ1n) is 5.39. The largest absolute Gasteiger partial charge is 0.376 e. The molecule has 0 aliphatic carbocycles. The highest BCUT2D eigenvalue weighted by Crippen LogP contribution is 2.20.